The zero-order valence-corrected chi connectivity index (χ0v) is 12.5. The summed E-state index contributed by atoms with van der Waals surface area (Å²) in [6, 6.07) is 9.25. The van der Waals surface area contributed by atoms with Gasteiger partial charge in [0.15, 0.2) is 0 Å². The first-order chi connectivity index (χ1) is 10.1. The van der Waals surface area contributed by atoms with E-state index in [1.54, 1.807) is 30.0 Å². The Kier molecular flexibility index (Phi) is 7.01. The van der Waals surface area contributed by atoms with E-state index in [9.17, 15) is 4.79 Å². The van der Waals surface area contributed by atoms with Crippen LogP contribution in [0, 0.1) is 29.1 Å². The largest absolute Gasteiger partial charge is 0.395 e. The maximum atomic E-state index is 12.4. The first-order valence-electron chi connectivity index (χ1n) is 7.01. The molecular weight excluding hydrogens is 264 g/mol. The molecule has 1 amide bonds. The summed E-state index contributed by atoms with van der Waals surface area (Å²) < 4.78 is 0. The highest BCUT2D eigenvalue weighted by atomic mass is 16.2. The number of nitriles is 1. The van der Waals surface area contributed by atoms with Crippen molar-refractivity contribution in [1.29, 1.82) is 5.26 Å². The number of amides is 1. The Morgan fingerprint density at radius 3 is 2.86 bits per heavy atom. The Morgan fingerprint density at radius 1 is 1.48 bits per heavy atom. The van der Waals surface area contributed by atoms with Gasteiger partial charge in [-0.3, -0.25) is 4.79 Å². The minimum Gasteiger partial charge on any atom is -0.395 e. The summed E-state index contributed by atoms with van der Waals surface area (Å²) >= 11 is 0. The summed E-state index contributed by atoms with van der Waals surface area (Å²) in [6.07, 6.45) is 0.416. The zero-order valence-electron chi connectivity index (χ0n) is 12.5. The summed E-state index contributed by atoms with van der Waals surface area (Å²) in [6.45, 7) is 4.71. The van der Waals surface area contributed by atoms with E-state index in [2.05, 4.69) is 17.9 Å². The molecule has 1 unspecified atom stereocenters. The smallest absolute Gasteiger partial charge is 0.253 e. The van der Waals surface area contributed by atoms with E-state index in [1.807, 2.05) is 13.0 Å². The van der Waals surface area contributed by atoms with E-state index in [0.717, 1.165) is 5.56 Å². The molecule has 0 aromatic heterocycles. The molecule has 0 heterocycles. The molecule has 1 rings (SSSR count). The van der Waals surface area contributed by atoms with Crippen molar-refractivity contribution in [3.05, 3.63) is 35.4 Å². The molecule has 1 atom stereocenters. The Labute approximate surface area is 126 Å². The van der Waals surface area contributed by atoms with Gasteiger partial charge >= 0.3 is 0 Å². The van der Waals surface area contributed by atoms with Crippen LogP contribution in [0.4, 0.5) is 0 Å². The molecular formula is C17H20N2O2. The normalized spacial score (nSPS) is 11.0. The van der Waals surface area contributed by atoms with Crippen LogP contribution in [-0.4, -0.2) is 35.6 Å². The third-order valence-electron chi connectivity index (χ3n) is 2.96. The van der Waals surface area contributed by atoms with Crippen molar-refractivity contribution in [3.63, 3.8) is 0 Å². The molecule has 4 nitrogen and oxygen atoms in total. The molecule has 110 valence electrons. The number of aliphatic hydroxyl groups is 1. The molecule has 21 heavy (non-hydrogen) atoms. The van der Waals surface area contributed by atoms with Crippen molar-refractivity contribution >= 4 is 5.91 Å². The van der Waals surface area contributed by atoms with Gasteiger partial charge in [0.25, 0.3) is 5.91 Å². The lowest BCUT2D eigenvalue weighted by Gasteiger charge is -2.22. The van der Waals surface area contributed by atoms with Crippen LogP contribution in [0.25, 0.3) is 0 Å². The Hall–Kier alpha value is -2.30. The fourth-order valence-electron chi connectivity index (χ4n) is 1.86. The van der Waals surface area contributed by atoms with Crippen LogP contribution >= 0.6 is 0 Å². The number of nitrogens with zero attached hydrogens (tertiary/aromatic N) is 2. The molecule has 1 aromatic carbocycles. The van der Waals surface area contributed by atoms with Gasteiger partial charge in [-0.2, -0.15) is 5.26 Å². The minimum absolute atomic E-state index is 0.0290. The van der Waals surface area contributed by atoms with E-state index in [4.69, 9.17) is 10.4 Å². The predicted octanol–water partition coefficient (Wildman–Crippen LogP) is 2.04. The standard InChI is InChI=1S/C17H20N2O2/c1-3-19(13-14(2)12-18)17(21)16-9-6-8-15(11-16)7-4-5-10-20/h6,8-9,11,14,20H,3,5,10,13H2,1-2H3. The maximum Gasteiger partial charge on any atom is 0.253 e. The quantitative estimate of drug-likeness (QED) is 0.842. The highest BCUT2D eigenvalue weighted by Gasteiger charge is 2.16. The predicted molar refractivity (Wildman–Crippen MR) is 81.4 cm³/mol. The number of hydrogen-bond donors (Lipinski definition) is 1. The molecule has 0 bridgehead atoms. The molecule has 0 spiro atoms. The van der Waals surface area contributed by atoms with Crippen LogP contribution < -0.4 is 0 Å². The van der Waals surface area contributed by atoms with Gasteiger partial charge in [0.1, 0.15) is 0 Å². The fourth-order valence-corrected chi connectivity index (χ4v) is 1.86. The van der Waals surface area contributed by atoms with Gasteiger partial charge in [0, 0.05) is 30.6 Å². The van der Waals surface area contributed by atoms with E-state index >= 15 is 0 Å². The topological polar surface area (TPSA) is 64.3 Å². The summed E-state index contributed by atoms with van der Waals surface area (Å²) in [4.78, 5) is 14.1. The first kappa shape index (κ1) is 16.8. The highest BCUT2D eigenvalue weighted by Crippen LogP contribution is 2.10. The third kappa shape index (κ3) is 5.30. The average molecular weight is 284 g/mol. The fraction of sp³-hybridized carbons (Fsp3) is 0.412. The average Bonchev–Trinajstić information content (AvgIpc) is 2.52. The van der Waals surface area contributed by atoms with Crippen molar-refractivity contribution in [2.75, 3.05) is 19.7 Å². The number of hydrogen-bond acceptors (Lipinski definition) is 3. The summed E-state index contributed by atoms with van der Waals surface area (Å²) in [5.74, 6) is 5.47. The number of rotatable bonds is 5. The molecule has 0 aliphatic heterocycles. The van der Waals surface area contributed by atoms with E-state index in [1.165, 1.54) is 0 Å². The minimum atomic E-state index is -0.193. The van der Waals surface area contributed by atoms with E-state index < -0.39 is 0 Å². The Bertz CT molecular complexity index is 578. The maximum absolute atomic E-state index is 12.4. The van der Waals surface area contributed by atoms with Gasteiger partial charge in [-0.05, 0) is 32.0 Å². The van der Waals surface area contributed by atoms with Crippen molar-refractivity contribution in [2.45, 2.75) is 20.3 Å². The zero-order chi connectivity index (χ0) is 15.7. The second kappa shape index (κ2) is 8.79. The third-order valence-corrected chi connectivity index (χ3v) is 2.96. The summed E-state index contributed by atoms with van der Waals surface area (Å²) in [5, 5.41) is 17.6. The van der Waals surface area contributed by atoms with Crippen LogP contribution in [-0.2, 0) is 0 Å². The highest BCUT2D eigenvalue weighted by molar-refractivity contribution is 5.94. The second-order valence-electron chi connectivity index (χ2n) is 4.73. The van der Waals surface area contributed by atoms with Crippen molar-refractivity contribution < 1.29 is 9.90 Å². The lowest BCUT2D eigenvalue weighted by atomic mass is 10.1. The van der Waals surface area contributed by atoms with Crippen molar-refractivity contribution in [2.24, 2.45) is 5.92 Å². The van der Waals surface area contributed by atoms with Crippen LogP contribution in [0.15, 0.2) is 24.3 Å². The van der Waals surface area contributed by atoms with Gasteiger partial charge in [-0.15, -0.1) is 0 Å². The van der Waals surface area contributed by atoms with Crippen molar-refractivity contribution in [3.8, 4) is 17.9 Å². The molecule has 4 heteroatoms. The molecule has 0 saturated carbocycles. The molecule has 0 radical (unpaired) electrons. The van der Waals surface area contributed by atoms with Gasteiger partial charge in [-0.1, -0.05) is 17.9 Å². The van der Waals surface area contributed by atoms with Crippen LogP contribution in [0.2, 0.25) is 0 Å². The molecule has 0 saturated heterocycles. The molecule has 1 aromatic rings. The van der Waals surface area contributed by atoms with Crippen LogP contribution in [0.1, 0.15) is 36.2 Å². The number of carbonyl (C=O) groups excluding carboxylic acids is 1. The Balaban J connectivity index is 2.89. The van der Waals surface area contributed by atoms with Gasteiger partial charge in [0.2, 0.25) is 0 Å². The number of benzene rings is 1. The van der Waals surface area contributed by atoms with Gasteiger partial charge < -0.3 is 10.0 Å². The summed E-state index contributed by atoms with van der Waals surface area (Å²) in [7, 11) is 0. The summed E-state index contributed by atoms with van der Waals surface area (Å²) in [5.41, 5.74) is 1.32. The second-order valence-corrected chi connectivity index (χ2v) is 4.73. The lowest BCUT2D eigenvalue weighted by molar-refractivity contribution is 0.0752. The van der Waals surface area contributed by atoms with Gasteiger partial charge in [-0.25, -0.2) is 0 Å². The molecule has 0 aliphatic rings. The monoisotopic (exact) mass is 284 g/mol. The molecule has 0 fully saturated rings. The van der Waals surface area contributed by atoms with Gasteiger partial charge in [0.05, 0.1) is 18.6 Å². The number of aliphatic hydroxyl groups excluding tert-OH is 1. The van der Waals surface area contributed by atoms with Crippen molar-refractivity contribution in [1.82, 2.24) is 4.90 Å². The lowest BCUT2D eigenvalue weighted by Crippen LogP contribution is -2.34. The Morgan fingerprint density at radius 2 is 2.24 bits per heavy atom. The molecule has 1 N–H and O–H groups in total. The van der Waals surface area contributed by atoms with E-state index in [-0.39, 0.29) is 18.4 Å². The SMILES string of the molecule is CCN(CC(C)C#N)C(=O)c1cccc(C#CCCO)c1. The van der Waals surface area contributed by atoms with Crippen LogP contribution in [0.3, 0.4) is 0 Å². The molecule has 0 aliphatic carbocycles. The first-order valence-corrected chi connectivity index (χ1v) is 7.01. The number of carbonyl (C=O) groups is 1. The van der Waals surface area contributed by atoms with Crippen LogP contribution in [0.5, 0.6) is 0 Å². The van der Waals surface area contributed by atoms with E-state index in [0.29, 0.717) is 25.1 Å².